The second kappa shape index (κ2) is 10.4. The normalized spacial score (nSPS) is 12.8. The fourth-order valence-electron chi connectivity index (χ4n) is 2.87. The maximum absolute atomic E-state index is 13.5. The maximum Gasteiger partial charge on any atom is 0.328 e. The van der Waals surface area contributed by atoms with Gasteiger partial charge in [0.05, 0.1) is 6.10 Å². The Bertz CT molecular complexity index is 981. The molecule has 2 aromatic rings. The van der Waals surface area contributed by atoms with Crippen LogP contribution < -0.4 is 5.32 Å². The van der Waals surface area contributed by atoms with Crippen LogP contribution in [0.3, 0.4) is 0 Å². The third-order valence-corrected chi connectivity index (χ3v) is 4.28. The number of ketones is 1. The highest BCUT2D eigenvalue weighted by atomic mass is 19.1. The number of amides is 1. The molecular formula is C20H23FN4O5. The molecular weight excluding hydrogens is 395 g/mol. The second-order valence-electron chi connectivity index (χ2n) is 7.02. The molecule has 3 N–H and O–H groups in total. The van der Waals surface area contributed by atoms with Crippen LogP contribution >= 0.6 is 0 Å². The minimum atomic E-state index is -1.52. The molecule has 0 aliphatic heterocycles. The number of esters is 1. The summed E-state index contributed by atoms with van der Waals surface area (Å²) in [6.45, 7) is 3.26. The number of ether oxygens (including phenoxy) is 1. The quantitative estimate of drug-likeness (QED) is 0.230. The number of aliphatic hydroxyl groups excluding tert-OH is 1. The van der Waals surface area contributed by atoms with Crippen molar-refractivity contribution in [2.75, 3.05) is 0 Å². The van der Waals surface area contributed by atoms with E-state index in [0.717, 1.165) is 0 Å². The van der Waals surface area contributed by atoms with Gasteiger partial charge in [0, 0.05) is 29.9 Å². The first-order valence-electron chi connectivity index (χ1n) is 9.36. The lowest BCUT2D eigenvalue weighted by Gasteiger charge is -2.20. The highest BCUT2D eigenvalue weighted by Gasteiger charge is 2.27. The van der Waals surface area contributed by atoms with Gasteiger partial charge in [0.1, 0.15) is 18.0 Å². The number of halogens is 1. The number of carbonyl (C=O) groups is 3. The summed E-state index contributed by atoms with van der Waals surface area (Å²) in [4.78, 5) is 41.8. The van der Waals surface area contributed by atoms with Gasteiger partial charge in [-0.2, -0.15) is 4.79 Å². The van der Waals surface area contributed by atoms with E-state index >= 15 is 0 Å². The molecule has 160 valence electrons. The Balaban J connectivity index is 2.08. The summed E-state index contributed by atoms with van der Waals surface area (Å²) in [5.41, 5.74) is 9.58. The number of fused-ring (bicyclic) bond motifs is 1. The summed E-state index contributed by atoms with van der Waals surface area (Å²) in [6, 6.07) is 2.96. The number of hydrogen-bond acceptors (Lipinski definition) is 5. The number of hydrogen-bond donors (Lipinski definition) is 3. The Morgan fingerprint density at radius 1 is 1.37 bits per heavy atom. The molecule has 0 aliphatic carbocycles. The van der Waals surface area contributed by atoms with Crippen molar-refractivity contribution in [1.29, 1.82) is 0 Å². The van der Waals surface area contributed by atoms with Crippen molar-refractivity contribution in [1.82, 2.24) is 10.3 Å². The molecule has 0 fully saturated rings. The molecule has 0 spiro atoms. The number of Topliss-reactive ketones (excluding diaryl/α,β-unsaturated/α-hetero) is 1. The number of nitrogens with zero attached hydrogens (tertiary/aromatic N) is 2. The van der Waals surface area contributed by atoms with Gasteiger partial charge >= 0.3 is 12.2 Å². The molecule has 0 aliphatic rings. The van der Waals surface area contributed by atoms with Crippen molar-refractivity contribution < 1.29 is 33.4 Å². The van der Waals surface area contributed by atoms with Crippen molar-refractivity contribution >= 4 is 34.8 Å². The topological polar surface area (TPSA) is 145 Å². The number of aliphatic hydroxyl groups is 1. The first-order valence-corrected chi connectivity index (χ1v) is 9.36. The van der Waals surface area contributed by atoms with Crippen LogP contribution in [-0.2, 0) is 25.5 Å². The zero-order chi connectivity index (χ0) is 22.3. The first kappa shape index (κ1) is 22.9. The lowest BCUT2D eigenvalue weighted by Crippen LogP contribution is -2.47. The highest BCUT2D eigenvalue weighted by molar-refractivity contribution is 6.25. The Morgan fingerprint density at radius 3 is 2.77 bits per heavy atom. The Kier molecular flexibility index (Phi) is 7.97. The van der Waals surface area contributed by atoms with Crippen molar-refractivity contribution in [2.45, 2.75) is 51.4 Å². The third-order valence-electron chi connectivity index (χ3n) is 4.28. The summed E-state index contributed by atoms with van der Waals surface area (Å²) >= 11 is 0. The number of carbonyl (C=O) groups excluding carboxylic acids is 3. The summed E-state index contributed by atoms with van der Waals surface area (Å²) in [7, 11) is 0. The lowest BCUT2D eigenvalue weighted by atomic mass is 10.0. The van der Waals surface area contributed by atoms with E-state index < -0.39 is 41.7 Å². The van der Waals surface area contributed by atoms with Gasteiger partial charge in [0.15, 0.2) is 0 Å². The van der Waals surface area contributed by atoms with E-state index in [0.29, 0.717) is 22.7 Å². The molecule has 1 aromatic carbocycles. The molecule has 0 unspecified atom stereocenters. The van der Waals surface area contributed by atoms with E-state index in [1.54, 1.807) is 26.1 Å². The average molecular weight is 418 g/mol. The summed E-state index contributed by atoms with van der Waals surface area (Å²) in [6.07, 6.45) is -0.103. The molecule has 1 amide bonds. The molecule has 1 heterocycles. The van der Waals surface area contributed by atoms with Crippen molar-refractivity contribution in [2.24, 2.45) is 0 Å². The van der Waals surface area contributed by atoms with Gasteiger partial charge in [-0.15, -0.1) is 0 Å². The van der Waals surface area contributed by atoms with Gasteiger partial charge in [-0.25, -0.2) is 9.18 Å². The molecule has 0 saturated carbocycles. The van der Waals surface area contributed by atoms with Gasteiger partial charge in [0.2, 0.25) is 11.7 Å². The molecule has 2 atom stereocenters. The van der Waals surface area contributed by atoms with E-state index in [9.17, 15) is 23.9 Å². The number of rotatable bonds is 10. The number of benzene rings is 1. The zero-order valence-electron chi connectivity index (χ0n) is 16.6. The SMILES string of the molecule is CC(C)OC(=O)[C@H](CCC(=O)C=[N+]=[N-])NC(=O)[C@@H](O)Cc1c[nH]c2ccc(F)cc12. The molecule has 2 rings (SSSR count). The molecule has 0 radical (unpaired) electrons. The first-order chi connectivity index (χ1) is 14.2. The van der Waals surface area contributed by atoms with Crippen molar-refractivity contribution in [3.63, 3.8) is 0 Å². The van der Waals surface area contributed by atoms with Crippen LogP contribution in [0.4, 0.5) is 4.39 Å². The second-order valence-corrected chi connectivity index (χ2v) is 7.02. The number of aromatic nitrogens is 1. The summed E-state index contributed by atoms with van der Waals surface area (Å²) < 4.78 is 18.6. The van der Waals surface area contributed by atoms with E-state index in [1.165, 1.54) is 12.1 Å². The smallest absolute Gasteiger partial charge is 0.328 e. The lowest BCUT2D eigenvalue weighted by molar-refractivity contribution is -0.152. The zero-order valence-corrected chi connectivity index (χ0v) is 16.6. The van der Waals surface area contributed by atoms with Gasteiger partial charge in [-0.1, -0.05) is 0 Å². The van der Waals surface area contributed by atoms with Crippen molar-refractivity contribution in [3.05, 3.63) is 41.3 Å². The number of H-pyrrole nitrogens is 1. The van der Waals surface area contributed by atoms with E-state index in [-0.39, 0.29) is 19.3 Å². The largest absolute Gasteiger partial charge is 0.461 e. The fraction of sp³-hybridized carbons (Fsp3) is 0.400. The fourth-order valence-corrected chi connectivity index (χ4v) is 2.87. The van der Waals surface area contributed by atoms with Crippen LogP contribution in [0.15, 0.2) is 24.4 Å². The van der Waals surface area contributed by atoms with Crippen LogP contribution in [0.1, 0.15) is 32.3 Å². The van der Waals surface area contributed by atoms with Crippen LogP contribution in [0.2, 0.25) is 0 Å². The average Bonchev–Trinajstić information content (AvgIpc) is 3.06. The highest BCUT2D eigenvalue weighted by Crippen LogP contribution is 2.21. The Labute approximate surface area is 171 Å². The molecule has 0 bridgehead atoms. The Morgan fingerprint density at radius 2 is 2.10 bits per heavy atom. The summed E-state index contributed by atoms with van der Waals surface area (Å²) in [5, 5.41) is 13.2. The van der Waals surface area contributed by atoms with Gasteiger partial charge < -0.3 is 25.7 Å². The predicted octanol–water partition coefficient (Wildman–Crippen LogP) is 1.30. The molecule has 30 heavy (non-hydrogen) atoms. The van der Waals surface area contributed by atoms with Crippen LogP contribution in [-0.4, -0.2) is 57.0 Å². The Hall–Kier alpha value is -3.36. The number of nitrogens with one attached hydrogen (secondary N) is 2. The van der Waals surface area contributed by atoms with Crippen molar-refractivity contribution in [3.8, 4) is 0 Å². The minimum absolute atomic E-state index is 0.104. The van der Waals surface area contributed by atoms with Crippen LogP contribution in [0, 0.1) is 5.82 Å². The van der Waals surface area contributed by atoms with Gasteiger partial charge in [-0.05, 0) is 44.0 Å². The minimum Gasteiger partial charge on any atom is -0.461 e. The molecule has 1 aromatic heterocycles. The predicted molar refractivity (Wildman–Crippen MR) is 105 cm³/mol. The maximum atomic E-state index is 13.5. The van der Waals surface area contributed by atoms with Crippen LogP contribution in [0.25, 0.3) is 16.4 Å². The van der Waals surface area contributed by atoms with E-state index in [2.05, 4.69) is 15.1 Å². The number of aromatic amines is 1. The van der Waals surface area contributed by atoms with Gasteiger partial charge in [-0.3, -0.25) is 9.59 Å². The van der Waals surface area contributed by atoms with E-state index in [4.69, 9.17) is 10.3 Å². The molecule has 10 heteroatoms. The molecule has 0 saturated heterocycles. The third kappa shape index (κ3) is 6.33. The monoisotopic (exact) mass is 418 g/mol. The molecule has 9 nitrogen and oxygen atoms in total. The standard InChI is InChI=1S/C20H23FN4O5/c1-11(2)30-20(29)17(6-4-14(26)10-24-22)25-19(28)18(27)7-12-9-23-16-5-3-13(21)8-15(12)16/h3,5,8-11,17-18,23,27H,4,6-7H2,1-2H3,(H,25,28)/t17-,18-/m0/s1. The van der Waals surface area contributed by atoms with Gasteiger partial charge in [0.25, 0.3) is 0 Å². The van der Waals surface area contributed by atoms with E-state index in [1.807, 2.05) is 0 Å². The van der Waals surface area contributed by atoms with Crippen LogP contribution in [0.5, 0.6) is 0 Å². The summed E-state index contributed by atoms with van der Waals surface area (Å²) in [5.74, 6) is -2.59.